The van der Waals surface area contributed by atoms with Crippen LogP contribution in [0.4, 0.5) is 0 Å². The van der Waals surface area contributed by atoms with Crippen molar-refractivity contribution in [2.24, 2.45) is 0 Å². The molecule has 0 atom stereocenters. The molecule has 118 heavy (non-hydrogen) atoms. The van der Waals surface area contributed by atoms with Gasteiger partial charge in [0.25, 0.3) is 0 Å². The lowest BCUT2D eigenvalue weighted by Gasteiger charge is -2.20. The van der Waals surface area contributed by atoms with Crippen LogP contribution in [-0.2, 0) is 0 Å². The lowest BCUT2D eigenvalue weighted by molar-refractivity contribution is 1.67. The van der Waals surface area contributed by atoms with Gasteiger partial charge in [0.1, 0.15) is 0 Å². The summed E-state index contributed by atoms with van der Waals surface area (Å²) >= 11 is 0. The zero-order valence-electron chi connectivity index (χ0n) is 113. The van der Waals surface area contributed by atoms with Gasteiger partial charge in [0.2, 0.25) is 0 Å². The predicted molar refractivity (Wildman–Crippen MR) is 512 cm³/mol. The van der Waals surface area contributed by atoms with Crippen molar-refractivity contribution in [2.45, 2.75) is 0 Å². The molecule has 0 fully saturated rings. The minimum atomic E-state index is -0.953. The number of rotatable bonds is 6. The van der Waals surface area contributed by atoms with Gasteiger partial charge in [-0.1, -0.05) is 423 Å². The minimum absolute atomic E-state index is 0.0703. The average molecular weight is 1540 g/mol. The summed E-state index contributed by atoms with van der Waals surface area (Å²) in [4.78, 5) is 0. The largest absolute Gasteiger partial charge is 0.0636 e. The maximum Gasteiger partial charge on any atom is 0.0636 e. The van der Waals surface area contributed by atoms with Crippen LogP contribution < -0.4 is 0 Å². The van der Waals surface area contributed by atoms with Crippen LogP contribution in [0.5, 0.6) is 0 Å². The molecule has 0 radical (unpaired) electrons. The Balaban J connectivity index is 0.000000136. The summed E-state index contributed by atoms with van der Waals surface area (Å²) in [5, 5.41) is 1.76. The van der Waals surface area contributed by atoms with Crippen LogP contribution in [0, 0.1) is 0 Å². The molecule has 0 saturated heterocycles. The third-order valence-corrected chi connectivity index (χ3v) is 21.3. The molecule has 0 spiro atoms. The second-order valence-electron chi connectivity index (χ2n) is 27.5. The van der Waals surface area contributed by atoms with Crippen LogP contribution in [0.15, 0.2) is 448 Å². The molecule has 25 aromatic carbocycles. The third kappa shape index (κ3) is 11.1. The van der Waals surface area contributed by atoms with E-state index in [1.165, 1.54) is 0 Å². The Bertz CT molecular complexity index is 11500. The molecule has 0 aliphatic rings. The van der Waals surface area contributed by atoms with Gasteiger partial charge < -0.3 is 0 Å². The Morgan fingerprint density at radius 3 is 0.856 bits per heavy atom. The van der Waals surface area contributed by atoms with E-state index in [2.05, 4.69) is 0 Å². The fourth-order valence-electron chi connectivity index (χ4n) is 16.6. The van der Waals surface area contributed by atoms with Gasteiger partial charge in [-0.2, -0.15) is 0 Å². The standard InChI is InChI=1S/C42H26.2C38H24/c1-2-13-29-25-30(23-21-27(29)11-1)41-35-17-7-9-19-37(35)42(38-20-10-8-18-36(38)41)39-26-31-24-22-28-12-3-4-14-32(28)40(31)34-16-6-5-15-33(34)39;2*1-2-13-26(14-3-1)36-31-18-8-10-20-33(31)38(34-21-11-9-19-32(34)36)35-24-27-23-22-25-12-4-5-15-28(25)37(27)30-17-7-6-16-29(30)35/h1-26H;2*1-24H/i1D,2D,7D,8D,9D,10D,11D,13D,17D,18D,19D,20D,21D,23D,25D;1D,2D,3D,4D,5D,6D,7D,8D,9D,10D,11D,12D,13D,14D,15D,16D,17D,18D,19D,20D,21D,22D,23D,24D;1D,2D,3D,8D,9D,10D,11D,13D,14D,18D,19D,20D,21D. The Kier molecular flexibility index (Phi) is 8.16. The second-order valence-corrected chi connectivity index (χ2v) is 27.5. The molecule has 0 nitrogen and oxygen atoms in total. The molecule has 0 aliphatic heterocycles. The first-order valence-electron chi connectivity index (χ1n) is 62.8. The third-order valence-electron chi connectivity index (χ3n) is 21.3. The maximum atomic E-state index is 9.88. The van der Waals surface area contributed by atoms with Gasteiger partial charge >= 0.3 is 0 Å². The molecule has 0 bridgehead atoms. The summed E-state index contributed by atoms with van der Waals surface area (Å²) in [5.41, 5.74) is -3.30. The highest BCUT2D eigenvalue weighted by Crippen LogP contribution is 2.52. The molecule has 25 rings (SSSR count). The fourth-order valence-corrected chi connectivity index (χ4v) is 16.6. The summed E-state index contributed by atoms with van der Waals surface area (Å²) in [6.07, 6.45) is 0. The molecule has 0 amide bonds. The van der Waals surface area contributed by atoms with Crippen molar-refractivity contribution in [3.8, 4) is 66.8 Å². The van der Waals surface area contributed by atoms with E-state index in [-0.39, 0.29) is 65.3 Å². The van der Waals surface area contributed by atoms with Crippen molar-refractivity contribution in [1.82, 2.24) is 0 Å². The van der Waals surface area contributed by atoms with E-state index in [1.807, 2.05) is 127 Å². The van der Waals surface area contributed by atoms with Gasteiger partial charge in [0.05, 0.1) is 71.3 Å². The summed E-state index contributed by atoms with van der Waals surface area (Å²) in [5.74, 6) is 0. The highest BCUT2D eigenvalue weighted by molar-refractivity contribution is 6.33. The van der Waals surface area contributed by atoms with E-state index >= 15 is 0 Å². The van der Waals surface area contributed by atoms with E-state index in [1.54, 1.807) is 6.07 Å². The Labute approximate surface area is 756 Å². The Morgan fingerprint density at radius 1 is 0.136 bits per heavy atom. The molecular weight excluding hydrogens is 1420 g/mol. The average Bonchev–Trinajstić information content (AvgIpc) is 0.674. The molecule has 546 valence electrons. The first-order chi connectivity index (χ1) is 80.2. The summed E-state index contributed by atoms with van der Waals surface area (Å²) in [6.45, 7) is 0. The van der Waals surface area contributed by atoms with Crippen LogP contribution in [0.2, 0.25) is 0 Å². The van der Waals surface area contributed by atoms with E-state index < -0.39 is 412 Å². The Morgan fingerprint density at radius 2 is 0.424 bits per heavy atom. The van der Waals surface area contributed by atoms with Crippen LogP contribution in [0.25, 0.3) is 239 Å². The van der Waals surface area contributed by atoms with Gasteiger partial charge in [0, 0.05) is 0 Å². The molecule has 0 aromatic heterocycles. The first kappa shape index (κ1) is 34.0. The summed E-state index contributed by atoms with van der Waals surface area (Å²) in [6, 6.07) is 2.73. The summed E-state index contributed by atoms with van der Waals surface area (Å²) < 4.78 is 463. The van der Waals surface area contributed by atoms with Gasteiger partial charge in [-0.05, 0) is 263 Å². The molecule has 0 heteroatoms. The van der Waals surface area contributed by atoms with Crippen molar-refractivity contribution in [3.63, 3.8) is 0 Å². The smallest absolute Gasteiger partial charge is 0.0622 e. The Hall–Kier alpha value is -15.3. The zero-order valence-corrected chi connectivity index (χ0v) is 60.7. The first-order valence-corrected chi connectivity index (χ1v) is 36.8. The monoisotopic (exact) mass is 1540 g/mol. The molecule has 0 heterocycles. The van der Waals surface area contributed by atoms with Crippen LogP contribution >= 0.6 is 0 Å². The van der Waals surface area contributed by atoms with E-state index in [0.29, 0.717) is 21.9 Å². The van der Waals surface area contributed by atoms with Gasteiger partial charge in [0.15, 0.2) is 0 Å². The predicted octanol–water partition coefficient (Wildman–Crippen LogP) is 33.5. The van der Waals surface area contributed by atoms with Gasteiger partial charge in [-0.3, -0.25) is 0 Å². The number of hydrogen-bond donors (Lipinski definition) is 0. The van der Waals surface area contributed by atoms with Crippen LogP contribution in [0.3, 0.4) is 0 Å². The lowest BCUT2D eigenvalue weighted by atomic mass is 9.83. The van der Waals surface area contributed by atoms with Crippen LogP contribution in [0.1, 0.15) is 71.3 Å². The van der Waals surface area contributed by atoms with E-state index in [9.17, 15) is 24.7 Å². The topological polar surface area (TPSA) is 0 Å². The highest BCUT2D eigenvalue weighted by Gasteiger charge is 2.25. The zero-order chi connectivity index (χ0) is 123. The van der Waals surface area contributed by atoms with Crippen molar-refractivity contribution >= 4 is 172 Å². The quantitative estimate of drug-likeness (QED) is 0.115. The van der Waals surface area contributed by atoms with Crippen molar-refractivity contribution in [3.05, 3.63) is 448 Å². The maximum absolute atomic E-state index is 9.88. The highest BCUT2D eigenvalue weighted by atomic mass is 14.3. The molecule has 0 aliphatic carbocycles. The van der Waals surface area contributed by atoms with Crippen LogP contribution in [-0.4, -0.2) is 0 Å². The van der Waals surface area contributed by atoms with E-state index in [0.717, 1.165) is 53.9 Å². The van der Waals surface area contributed by atoms with E-state index in [4.69, 9.17) is 46.6 Å². The summed E-state index contributed by atoms with van der Waals surface area (Å²) in [7, 11) is 0. The second kappa shape index (κ2) is 28.3. The molecule has 0 saturated carbocycles. The molecule has 25 aromatic rings. The minimum Gasteiger partial charge on any atom is -0.0622 e. The number of fused-ring (bicyclic) bond motifs is 22. The molecule has 0 N–H and O–H groups in total. The van der Waals surface area contributed by atoms with Crippen molar-refractivity contribution in [1.29, 1.82) is 0 Å². The molecule has 0 unspecified atom stereocenters. The van der Waals surface area contributed by atoms with Crippen molar-refractivity contribution in [2.75, 3.05) is 0 Å². The normalized spacial score (nSPS) is 17.9. The lowest BCUT2D eigenvalue weighted by Crippen LogP contribution is -1.92. The van der Waals surface area contributed by atoms with Crippen molar-refractivity contribution < 1.29 is 71.3 Å². The SMILES string of the molecule is [2H]c1c([2H])c([2H])c(-c2c3c([2H])c([2H])c([2H])c([2H])c3c(-c3c([2H])c4c([2H])c([2H])c5c([2H])c([2H])c([2H])c([2H])c5c4c4c([2H])c([2H])c([2H])c([2H])c34)c3c([2H])c([2H])c([2H])c([2H])c23)c([2H])c1[2H].[2H]c1c([2H])c([2H])c(-c2c3c([2H])c([2H])c([2H])c([2H])c3c(-c3cc4ccc5ccccc5c4c4ccccc34)c3c([2H])c([2H])c([2H])c([2H])c23)c([2H])c1[2H].[2H]c1c([2H])c([2H])c2c([2H])c(-c3c4c([2H])c([2H])c([2H])c([2H])c4c(-c4cc5ccc6ccccc6c5c5ccccc45)c4c([2H])c([2H])c([2H])c([2H])c34)c([2H])c([2H])c2c1[2H]. The number of benzene rings is 25. The van der Waals surface area contributed by atoms with Gasteiger partial charge in [-0.15, -0.1) is 0 Å². The molecular formula is C118H74. The number of hydrogen-bond acceptors (Lipinski definition) is 0. The van der Waals surface area contributed by atoms with Gasteiger partial charge in [-0.25, -0.2) is 0 Å². The fraction of sp³-hybridized carbons (Fsp3) is 0.